The minimum atomic E-state index is -0.261. The van der Waals surface area contributed by atoms with E-state index in [2.05, 4.69) is 25.7 Å². The van der Waals surface area contributed by atoms with Crippen molar-refractivity contribution in [3.05, 3.63) is 24.3 Å². The van der Waals surface area contributed by atoms with Gasteiger partial charge in [0.15, 0.2) is 0 Å². The molecule has 0 spiro atoms. The van der Waals surface area contributed by atoms with E-state index in [-0.39, 0.29) is 5.97 Å². The molecular formula is C23H42O2. The van der Waals surface area contributed by atoms with Gasteiger partial charge in [0.05, 0.1) is 6.61 Å². The van der Waals surface area contributed by atoms with E-state index < -0.39 is 0 Å². The summed E-state index contributed by atoms with van der Waals surface area (Å²) >= 11 is 0. The standard InChI is InChI=1S/C23H42O2/c1-4-5-6-7-8-9-10-11-12-13-14-15-16-17-18-19-20-21-25-23(24)22(2)3/h12-13H,2,4-11,14-21H2,1,3H3/b13-12-. The molecule has 0 N–H and O–H groups in total. The lowest BCUT2D eigenvalue weighted by molar-refractivity contribution is -0.139. The van der Waals surface area contributed by atoms with Crippen molar-refractivity contribution in [1.29, 1.82) is 0 Å². The Balaban J connectivity index is 3.15. The van der Waals surface area contributed by atoms with Gasteiger partial charge in [-0.25, -0.2) is 4.79 Å². The highest BCUT2D eigenvalue weighted by Gasteiger charge is 2.01. The fraction of sp³-hybridized carbons (Fsp3) is 0.783. The number of carbonyl (C=O) groups is 1. The van der Waals surface area contributed by atoms with Gasteiger partial charge >= 0.3 is 5.97 Å². The minimum absolute atomic E-state index is 0.261. The number of carbonyl (C=O) groups excluding carboxylic acids is 1. The molecule has 2 heteroatoms. The van der Waals surface area contributed by atoms with Crippen molar-refractivity contribution in [2.24, 2.45) is 0 Å². The summed E-state index contributed by atoms with van der Waals surface area (Å²) in [5.41, 5.74) is 0.486. The van der Waals surface area contributed by atoms with Crippen molar-refractivity contribution in [2.45, 2.75) is 110 Å². The van der Waals surface area contributed by atoms with E-state index in [0.717, 1.165) is 12.8 Å². The van der Waals surface area contributed by atoms with Crippen molar-refractivity contribution in [3.8, 4) is 0 Å². The number of esters is 1. The Hall–Kier alpha value is -1.05. The zero-order valence-corrected chi connectivity index (χ0v) is 17.0. The smallest absolute Gasteiger partial charge is 0.333 e. The van der Waals surface area contributed by atoms with Crippen LogP contribution in [0, 0.1) is 0 Å². The summed E-state index contributed by atoms with van der Waals surface area (Å²) in [6.07, 6.45) is 24.3. The van der Waals surface area contributed by atoms with Gasteiger partial charge in [0.2, 0.25) is 0 Å². The Morgan fingerprint density at radius 3 is 1.68 bits per heavy atom. The SMILES string of the molecule is C=C(C)C(=O)OCCCCCCCC/C=C\CCCCCCCCC. The predicted octanol–water partition coefficient (Wildman–Crippen LogP) is 7.53. The highest BCUT2D eigenvalue weighted by atomic mass is 16.5. The molecule has 0 amide bonds. The molecule has 0 rings (SSSR count). The molecule has 146 valence electrons. The third-order valence-electron chi connectivity index (χ3n) is 4.49. The van der Waals surface area contributed by atoms with Crippen molar-refractivity contribution in [2.75, 3.05) is 6.61 Å². The molecule has 0 heterocycles. The number of ether oxygens (including phenoxy) is 1. The summed E-state index contributed by atoms with van der Waals surface area (Å²) in [5, 5.41) is 0. The fourth-order valence-corrected chi connectivity index (χ4v) is 2.81. The van der Waals surface area contributed by atoms with Crippen LogP contribution >= 0.6 is 0 Å². The summed E-state index contributed by atoms with van der Waals surface area (Å²) in [7, 11) is 0. The molecular weight excluding hydrogens is 308 g/mol. The lowest BCUT2D eigenvalue weighted by Crippen LogP contribution is -2.05. The number of rotatable bonds is 18. The molecule has 0 radical (unpaired) electrons. The normalized spacial score (nSPS) is 11.1. The van der Waals surface area contributed by atoms with Crippen LogP contribution < -0.4 is 0 Å². The first kappa shape index (κ1) is 23.9. The van der Waals surface area contributed by atoms with Crippen LogP contribution in [0.2, 0.25) is 0 Å². The second-order valence-corrected chi connectivity index (χ2v) is 7.21. The van der Waals surface area contributed by atoms with Crippen LogP contribution in [-0.4, -0.2) is 12.6 Å². The van der Waals surface area contributed by atoms with Gasteiger partial charge in [0, 0.05) is 5.57 Å². The first-order valence-corrected chi connectivity index (χ1v) is 10.7. The zero-order chi connectivity index (χ0) is 18.6. The van der Waals surface area contributed by atoms with E-state index in [9.17, 15) is 4.79 Å². The molecule has 25 heavy (non-hydrogen) atoms. The molecule has 0 unspecified atom stereocenters. The van der Waals surface area contributed by atoms with Crippen molar-refractivity contribution >= 4 is 5.97 Å². The van der Waals surface area contributed by atoms with Gasteiger partial charge in [-0.15, -0.1) is 0 Å². The average Bonchev–Trinajstić information content (AvgIpc) is 2.60. The first-order valence-electron chi connectivity index (χ1n) is 10.7. The maximum atomic E-state index is 11.2. The molecule has 0 aliphatic heterocycles. The molecule has 0 atom stereocenters. The second-order valence-electron chi connectivity index (χ2n) is 7.21. The van der Waals surface area contributed by atoms with E-state index in [1.807, 2.05) is 0 Å². The molecule has 0 aromatic rings. The molecule has 0 saturated heterocycles. The van der Waals surface area contributed by atoms with Gasteiger partial charge in [0.1, 0.15) is 0 Å². The van der Waals surface area contributed by atoms with Crippen LogP contribution in [0.5, 0.6) is 0 Å². The molecule has 0 saturated carbocycles. The Kier molecular flexibility index (Phi) is 18.5. The fourth-order valence-electron chi connectivity index (χ4n) is 2.81. The Morgan fingerprint density at radius 2 is 1.20 bits per heavy atom. The van der Waals surface area contributed by atoms with E-state index >= 15 is 0 Å². The summed E-state index contributed by atoms with van der Waals surface area (Å²) < 4.78 is 5.08. The predicted molar refractivity (Wildman–Crippen MR) is 110 cm³/mol. The largest absolute Gasteiger partial charge is 0.462 e. The number of hydrogen-bond donors (Lipinski definition) is 0. The van der Waals surface area contributed by atoms with Crippen molar-refractivity contribution in [3.63, 3.8) is 0 Å². The lowest BCUT2D eigenvalue weighted by atomic mass is 10.1. The number of allylic oxidation sites excluding steroid dienone is 2. The Labute approximate surface area is 157 Å². The average molecular weight is 351 g/mol. The van der Waals surface area contributed by atoms with Crippen molar-refractivity contribution in [1.82, 2.24) is 0 Å². The molecule has 0 aromatic carbocycles. The number of hydrogen-bond acceptors (Lipinski definition) is 2. The highest BCUT2D eigenvalue weighted by Crippen LogP contribution is 2.10. The van der Waals surface area contributed by atoms with Gasteiger partial charge in [-0.05, 0) is 39.0 Å². The Bertz CT molecular complexity index is 344. The topological polar surface area (TPSA) is 26.3 Å². The molecule has 0 aromatic heterocycles. The maximum Gasteiger partial charge on any atom is 0.333 e. The summed E-state index contributed by atoms with van der Waals surface area (Å²) in [4.78, 5) is 11.2. The Morgan fingerprint density at radius 1 is 0.760 bits per heavy atom. The molecule has 0 bridgehead atoms. The third kappa shape index (κ3) is 19.1. The first-order chi connectivity index (χ1) is 12.2. The van der Waals surface area contributed by atoms with Crippen molar-refractivity contribution < 1.29 is 9.53 Å². The monoisotopic (exact) mass is 350 g/mol. The molecule has 0 fully saturated rings. The van der Waals surface area contributed by atoms with Crippen LogP contribution in [0.4, 0.5) is 0 Å². The highest BCUT2D eigenvalue weighted by molar-refractivity contribution is 5.86. The van der Waals surface area contributed by atoms with E-state index in [1.165, 1.54) is 83.5 Å². The lowest BCUT2D eigenvalue weighted by Gasteiger charge is -2.04. The van der Waals surface area contributed by atoms with Gasteiger partial charge < -0.3 is 4.74 Å². The molecule has 0 aliphatic rings. The minimum Gasteiger partial charge on any atom is -0.462 e. The van der Waals surface area contributed by atoms with Crippen LogP contribution in [0.25, 0.3) is 0 Å². The van der Waals surface area contributed by atoms with Crippen LogP contribution in [0.1, 0.15) is 110 Å². The maximum absolute atomic E-state index is 11.2. The van der Waals surface area contributed by atoms with E-state index in [4.69, 9.17) is 4.74 Å². The quantitative estimate of drug-likeness (QED) is 0.110. The van der Waals surface area contributed by atoms with Gasteiger partial charge in [-0.3, -0.25) is 0 Å². The van der Waals surface area contributed by atoms with Gasteiger partial charge in [-0.1, -0.05) is 89.9 Å². The van der Waals surface area contributed by atoms with Gasteiger partial charge in [-0.2, -0.15) is 0 Å². The third-order valence-corrected chi connectivity index (χ3v) is 4.49. The van der Waals surface area contributed by atoms with Crippen LogP contribution in [0.3, 0.4) is 0 Å². The summed E-state index contributed by atoms with van der Waals surface area (Å²) in [6.45, 7) is 8.07. The van der Waals surface area contributed by atoms with Crippen LogP contribution in [0.15, 0.2) is 24.3 Å². The van der Waals surface area contributed by atoms with Gasteiger partial charge in [0.25, 0.3) is 0 Å². The summed E-state index contributed by atoms with van der Waals surface area (Å²) in [6, 6.07) is 0. The summed E-state index contributed by atoms with van der Waals surface area (Å²) in [5.74, 6) is -0.261. The van der Waals surface area contributed by atoms with E-state index in [1.54, 1.807) is 6.92 Å². The molecule has 0 aliphatic carbocycles. The van der Waals surface area contributed by atoms with Crippen LogP contribution in [-0.2, 0) is 9.53 Å². The second kappa shape index (κ2) is 19.3. The van der Waals surface area contributed by atoms with E-state index in [0.29, 0.717) is 12.2 Å². The zero-order valence-electron chi connectivity index (χ0n) is 17.0. The molecule has 2 nitrogen and oxygen atoms in total. The number of unbranched alkanes of at least 4 members (excludes halogenated alkanes) is 13.